The lowest BCUT2D eigenvalue weighted by Crippen LogP contribution is -2.33. The molecule has 1 amide bonds. The molecule has 4 nitrogen and oxygen atoms in total. The lowest BCUT2D eigenvalue weighted by molar-refractivity contribution is -0.117. The minimum absolute atomic E-state index is 0.00491. The van der Waals surface area contributed by atoms with Gasteiger partial charge in [0.1, 0.15) is 17.4 Å². The fourth-order valence-electron chi connectivity index (χ4n) is 2.28. The zero-order chi connectivity index (χ0) is 14.5. The van der Waals surface area contributed by atoms with Gasteiger partial charge in [-0.25, -0.2) is 0 Å². The van der Waals surface area contributed by atoms with E-state index in [9.17, 15) is 9.90 Å². The van der Waals surface area contributed by atoms with Gasteiger partial charge >= 0.3 is 0 Å². The highest BCUT2D eigenvalue weighted by atomic mass is 79.9. The molecule has 1 aromatic rings. The molecule has 1 saturated carbocycles. The molecule has 1 aliphatic rings. The van der Waals surface area contributed by atoms with Gasteiger partial charge in [-0.2, -0.15) is 5.26 Å². The molecule has 0 atom stereocenters. The zero-order valence-corrected chi connectivity index (χ0v) is 12.5. The number of carbonyl (C=O) groups excluding carboxylic acids is 1. The number of benzene rings is 1. The van der Waals surface area contributed by atoms with Crippen LogP contribution in [0.2, 0.25) is 0 Å². The van der Waals surface area contributed by atoms with Crippen LogP contribution < -0.4 is 5.32 Å². The molecule has 0 unspecified atom stereocenters. The largest absolute Gasteiger partial charge is 0.507 e. The van der Waals surface area contributed by atoms with E-state index in [1.165, 1.54) is 12.1 Å². The van der Waals surface area contributed by atoms with Crippen LogP contribution in [0.3, 0.4) is 0 Å². The van der Waals surface area contributed by atoms with Gasteiger partial charge in [-0.05, 0) is 37.1 Å². The average Bonchev–Trinajstić information content (AvgIpc) is 2.92. The van der Waals surface area contributed by atoms with Gasteiger partial charge in [0.2, 0.25) is 0 Å². The van der Waals surface area contributed by atoms with Crippen LogP contribution in [-0.4, -0.2) is 17.1 Å². The van der Waals surface area contributed by atoms with Crippen molar-refractivity contribution in [2.45, 2.75) is 31.7 Å². The van der Waals surface area contributed by atoms with Crippen molar-refractivity contribution in [3.63, 3.8) is 0 Å². The topological polar surface area (TPSA) is 73.1 Å². The van der Waals surface area contributed by atoms with Crippen molar-refractivity contribution >= 4 is 27.9 Å². The van der Waals surface area contributed by atoms with E-state index in [0.717, 1.165) is 30.2 Å². The maximum atomic E-state index is 12.0. The Morgan fingerprint density at radius 2 is 2.15 bits per heavy atom. The third-order valence-electron chi connectivity index (χ3n) is 3.34. The molecule has 20 heavy (non-hydrogen) atoms. The Balaban J connectivity index is 2.18. The SMILES string of the molecule is N#C/C(=C/c1cc(Br)ccc1O)C(=O)NC1CCCC1. The molecule has 1 aliphatic carbocycles. The third kappa shape index (κ3) is 3.61. The van der Waals surface area contributed by atoms with E-state index in [4.69, 9.17) is 5.26 Å². The summed E-state index contributed by atoms with van der Waals surface area (Å²) in [4.78, 5) is 12.0. The molecular formula is C15H15BrN2O2. The number of phenolic OH excluding ortho intramolecular Hbond substituents is 1. The number of hydrogen-bond acceptors (Lipinski definition) is 3. The highest BCUT2D eigenvalue weighted by Crippen LogP contribution is 2.24. The highest BCUT2D eigenvalue weighted by molar-refractivity contribution is 9.10. The van der Waals surface area contributed by atoms with Gasteiger partial charge in [0.25, 0.3) is 5.91 Å². The molecule has 0 aliphatic heterocycles. The van der Waals surface area contributed by atoms with Crippen LogP contribution in [0.5, 0.6) is 5.75 Å². The predicted molar refractivity (Wildman–Crippen MR) is 79.8 cm³/mol. The Kier molecular flexibility index (Phi) is 4.80. The first-order valence-corrected chi connectivity index (χ1v) is 7.30. The van der Waals surface area contributed by atoms with Crippen LogP contribution in [0, 0.1) is 11.3 Å². The number of carbonyl (C=O) groups is 1. The van der Waals surface area contributed by atoms with Gasteiger partial charge in [0, 0.05) is 16.1 Å². The lowest BCUT2D eigenvalue weighted by atomic mass is 10.1. The van der Waals surface area contributed by atoms with Crippen LogP contribution in [0.4, 0.5) is 0 Å². The smallest absolute Gasteiger partial charge is 0.262 e. The molecule has 0 heterocycles. The quantitative estimate of drug-likeness (QED) is 0.658. The van der Waals surface area contributed by atoms with Gasteiger partial charge in [0.15, 0.2) is 0 Å². The maximum absolute atomic E-state index is 12.0. The monoisotopic (exact) mass is 334 g/mol. The van der Waals surface area contributed by atoms with Crippen molar-refractivity contribution in [3.8, 4) is 11.8 Å². The summed E-state index contributed by atoms with van der Waals surface area (Å²) in [6, 6.07) is 6.92. The molecule has 1 fully saturated rings. The number of halogens is 1. The molecule has 0 saturated heterocycles. The summed E-state index contributed by atoms with van der Waals surface area (Å²) in [5.41, 5.74) is 0.447. The lowest BCUT2D eigenvalue weighted by Gasteiger charge is -2.11. The van der Waals surface area contributed by atoms with Crippen molar-refractivity contribution in [1.29, 1.82) is 5.26 Å². The fraction of sp³-hybridized carbons (Fsp3) is 0.333. The number of nitrogens with one attached hydrogen (secondary N) is 1. The van der Waals surface area contributed by atoms with E-state index >= 15 is 0 Å². The Morgan fingerprint density at radius 1 is 1.45 bits per heavy atom. The number of aromatic hydroxyl groups is 1. The Morgan fingerprint density at radius 3 is 2.80 bits per heavy atom. The van der Waals surface area contributed by atoms with Crippen LogP contribution >= 0.6 is 15.9 Å². The average molecular weight is 335 g/mol. The number of phenols is 1. The molecule has 0 bridgehead atoms. The molecule has 5 heteroatoms. The third-order valence-corrected chi connectivity index (χ3v) is 3.84. The van der Waals surface area contributed by atoms with Crippen LogP contribution in [0.25, 0.3) is 6.08 Å². The van der Waals surface area contributed by atoms with Crippen molar-refractivity contribution in [3.05, 3.63) is 33.8 Å². The summed E-state index contributed by atoms with van der Waals surface area (Å²) in [5.74, 6) is -0.339. The van der Waals surface area contributed by atoms with E-state index in [1.807, 2.05) is 6.07 Å². The fourth-order valence-corrected chi connectivity index (χ4v) is 2.66. The van der Waals surface area contributed by atoms with E-state index in [-0.39, 0.29) is 23.3 Å². The molecule has 0 aromatic heterocycles. The Hall–Kier alpha value is -1.80. The van der Waals surface area contributed by atoms with E-state index < -0.39 is 0 Å². The van der Waals surface area contributed by atoms with Gasteiger partial charge in [-0.1, -0.05) is 28.8 Å². The molecular weight excluding hydrogens is 320 g/mol. The highest BCUT2D eigenvalue weighted by Gasteiger charge is 2.19. The maximum Gasteiger partial charge on any atom is 0.262 e. The van der Waals surface area contributed by atoms with Gasteiger partial charge in [-0.15, -0.1) is 0 Å². The van der Waals surface area contributed by atoms with E-state index in [2.05, 4.69) is 21.2 Å². The van der Waals surface area contributed by atoms with Gasteiger partial charge in [0.05, 0.1) is 0 Å². The number of nitrogens with zero attached hydrogens (tertiary/aromatic N) is 1. The standard InChI is InChI=1S/C15H15BrN2O2/c16-12-5-6-14(19)10(8-12)7-11(9-17)15(20)18-13-3-1-2-4-13/h5-8,13,19H,1-4H2,(H,18,20)/b11-7-. The number of amides is 1. The second kappa shape index (κ2) is 6.58. The first-order chi connectivity index (χ1) is 9.60. The van der Waals surface area contributed by atoms with Crippen molar-refractivity contribution in [2.75, 3.05) is 0 Å². The second-order valence-corrected chi connectivity index (χ2v) is 5.74. The van der Waals surface area contributed by atoms with Crippen LogP contribution in [-0.2, 0) is 4.79 Å². The summed E-state index contributed by atoms with van der Waals surface area (Å²) in [5, 5.41) is 21.7. The minimum Gasteiger partial charge on any atom is -0.507 e. The molecule has 0 spiro atoms. The molecule has 2 N–H and O–H groups in total. The second-order valence-electron chi connectivity index (χ2n) is 4.83. The summed E-state index contributed by atoms with van der Waals surface area (Å²) < 4.78 is 0.773. The molecule has 0 radical (unpaired) electrons. The van der Waals surface area contributed by atoms with Crippen molar-refractivity contribution in [2.24, 2.45) is 0 Å². The molecule has 2 rings (SSSR count). The van der Waals surface area contributed by atoms with Crippen molar-refractivity contribution in [1.82, 2.24) is 5.32 Å². The predicted octanol–water partition coefficient (Wildman–Crippen LogP) is 3.12. The van der Waals surface area contributed by atoms with E-state index in [1.54, 1.807) is 12.1 Å². The number of rotatable bonds is 3. The molecule has 104 valence electrons. The van der Waals surface area contributed by atoms with Crippen molar-refractivity contribution < 1.29 is 9.90 Å². The first-order valence-electron chi connectivity index (χ1n) is 6.51. The Bertz CT molecular complexity index is 584. The number of nitriles is 1. The minimum atomic E-state index is -0.376. The van der Waals surface area contributed by atoms with Gasteiger partial charge in [-0.3, -0.25) is 4.79 Å². The summed E-state index contributed by atoms with van der Waals surface area (Å²) in [6.45, 7) is 0. The van der Waals surface area contributed by atoms with Gasteiger partial charge < -0.3 is 10.4 Å². The van der Waals surface area contributed by atoms with E-state index in [0.29, 0.717) is 5.56 Å². The summed E-state index contributed by atoms with van der Waals surface area (Å²) >= 11 is 3.29. The number of hydrogen-bond donors (Lipinski definition) is 2. The van der Waals surface area contributed by atoms with Crippen LogP contribution in [0.15, 0.2) is 28.2 Å². The normalized spacial score (nSPS) is 15.9. The summed E-state index contributed by atoms with van der Waals surface area (Å²) in [7, 11) is 0. The Labute approximate surface area is 126 Å². The van der Waals surface area contributed by atoms with Crippen LogP contribution in [0.1, 0.15) is 31.2 Å². The zero-order valence-electron chi connectivity index (χ0n) is 10.9. The summed E-state index contributed by atoms with van der Waals surface area (Å²) in [6.07, 6.45) is 5.56. The molecule has 1 aromatic carbocycles. The first kappa shape index (κ1) is 14.6.